The van der Waals surface area contributed by atoms with Crippen molar-refractivity contribution in [2.45, 2.75) is 32.7 Å². The van der Waals surface area contributed by atoms with Crippen LogP contribution < -0.4 is 5.32 Å². The molecule has 3 heteroatoms. The average molecular weight is 289 g/mol. The van der Waals surface area contributed by atoms with Gasteiger partial charge in [0.05, 0.1) is 0 Å². The molecule has 1 aromatic carbocycles. The quantitative estimate of drug-likeness (QED) is 0.832. The molecule has 0 aromatic heterocycles. The number of nitrogens with zero attached hydrogens (tertiary/aromatic N) is 2. The highest BCUT2D eigenvalue weighted by molar-refractivity contribution is 5.30. The number of aryl methyl sites for hydroxylation is 2. The molecule has 1 unspecified atom stereocenters. The van der Waals surface area contributed by atoms with Crippen LogP contribution in [-0.4, -0.2) is 56.6 Å². The molecule has 1 aliphatic rings. The molecule has 0 saturated carbocycles. The molecule has 1 fully saturated rings. The summed E-state index contributed by atoms with van der Waals surface area (Å²) < 4.78 is 0. The lowest BCUT2D eigenvalue weighted by atomic mass is 10.0. The van der Waals surface area contributed by atoms with E-state index in [2.05, 4.69) is 61.3 Å². The third kappa shape index (κ3) is 5.10. The van der Waals surface area contributed by atoms with Crippen molar-refractivity contribution in [3.8, 4) is 0 Å². The smallest absolute Gasteiger partial charge is 0.0446 e. The Bertz CT molecular complexity index is 418. The summed E-state index contributed by atoms with van der Waals surface area (Å²) in [5.41, 5.74) is 4.11. The van der Waals surface area contributed by atoms with Gasteiger partial charge in [0, 0.05) is 25.7 Å². The fourth-order valence-corrected chi connectivity index (χ4v) is 3.30. The Morgan fingerprint density at radius 2 is 1.76 bits per heavy atom. The predicted molar refractivity (Wildman–Crippen MR) is 90.9 cm³/mol. The Morgan fingerprint density at radius 3 is 2.33 bits per heavy atom. The third-order valence-corrected chi connectivity index (χ3v) is 4.49. The molecule has 1 aliphatic heterocycles. The highest BCUT2D eigenvalue weighted by atomic mass is 15.2. The van der Waals surface area contributed by atoms with Crippen LogP contribution in [0.4, 0.5) is 0 Å². The van der Waals surface area contributed by atoms with Gasteiger partial charge in [0.1, 0.15) is 0 Å². The minimum Gasteiger partial charge on any atom is -0.312 e. The first-order chi connectivity index (χ1) is 10.1. The molecule has 1 atom stereocenters. The van der Waals surface area contributed by atoms with Gasteiger partial charge < -0.3 is 15.1 Å². The number of hydrogen-bond acceptors (Lipinski definition) is 3. The van der Waals surface area contributed by atoms with Crippen molar-refractivity contribution in [2.24, 2.45) is 0 Å². The number of likely N-dealkylation sites (tertiary alicyclic amines) is 1. The molecule has 1 N–H and O–H groups in total. The number of rotatable bonds is 7. The van der Waals surface area contributed by atoms with Crippen LogP contribution in [0.15, 0.2) is 18.2 Å². The van der Waals surface area contributed by atoms with Crippen LogP contribution in [0.5, 0.6) is 0 Å². The highest BCUT2D eigenvalue weighted by Gasteiger charge is 2.15. The molecule has 1 aromatic rings. The zero-order chi connectivity index (χ0) is 15.2. The van der Waals surface area contributed by atoms with Gasteiger partial charge in [0.2, 0.25) is 0 Å². The Kier molecular flexibility index (Phi) is 6.22. The summed E-state index contributed by atoms with van der Waals surface area (Å²) in [6.07, 6.45) is 2.76. The van der Waals surface area contributed by atoms with E-state index in [-0.39, 0.29) is 0 Å². The van der Waals surface area contributed by atoms with Crippen molar-refractivity contribution in [3.05, 3.63) is 34.9 Å². The minimum absolute atomic E-state index is 0.409. The average Bonchev–Trinajstić information content (AvgIpc) is 2.94. The molecular weight excluding hydrogens is 258 g/mol. The fourth-order valence-electron chi connectivity index (χ4n) is 3.30. The predicted octanol–water partition coefficient (Wildman–Crippen LogP) is 2.59. The summed E-state index contributed by atoms with van der Waals surface area (Å²) in [4.78, 5) is 5.04. The van der Waals surface area contributed by atoms with Gasteiger partial charge >= 0.3 is 0 Å². The van der Waals surface area contributed by atoms with Gasteiger partial charge in [-0.2, -0.15) is 0 Å². The lowest BCUT2D eigenvalue weighted by molar-refractivity contribution is 0.241. The van der Waals surface area contributed by atoms with E-state index >= 15 is 0 Å². The second-order valence-electron chi connectivity index (χ2n) is 6.57. The summed E-state index contributed by atoms with van der Waals surface area (Å²) in [5, 5.41) is 3.48. The Morgan fingerprint density at radius 1 is 1.14 bits per heavy atom. The first-order valence-electron chi connectivity index (χ1n) is 8.25. The van der Waals surface area contributed by atoms with E-state index in [0.29, 0.717) is 6.04 Å². The van der Waals surface area contributed by atoms with E-state index in [0.717, 1.165) is 13.1 Å². The van der Waals surface area contributed by atoms with Crippen LogP contribution in [0.3, 0.4) is 0 Å². The lowest BCUT2D eigenvalue weighted by Crippen LogP contribution is -2.36. The summed E-state index contributed by atoms with van der Waals surface area (Å²) >= 11 is 0. The van der Waals surface area contributed by atoms with Crippen molar-refractivity contribution in [1.29, 1.82) is 0 Å². The molecule has 21 heavy (non-hydrogen) atoms. The normalized spacial score (nSPS) is 17.6. The maximum atomic E-state index is 3.48. The molecule has 0 amide bonds. The number of likely N-dealkylation sites (N-methyl/N-ethyl adjacent to an activating group) is 2. The summed E-state index contributed by atoms with van der Waals surface area (Å²) in [6, 6.07) is 7.27. The van der Waals surface area contributed by atoms with Crippen molar-refractivity contribution >= 4 is 0 Å². The van der Waals surface area contributed by atoms with E-state index in [4.69, 9.17) is 0 Å². The van der Waals surface area contributed by atoms with Crippen LogP contribution in [-0.2, 0) is 0 Å². The van der Waals surface area contributed by atoms with Gasteiger partial charge in [-0.25, -0.2) is 0 Å². The Balaban J connectivity index is 1.88. The van der Waals surface area contributed by atoms with Crippen LogP contribution in [0.25, 0.3) is 0 Å². The van der Waals surface area contributed by atoms with Gasteiger partial charge in [-0.1, -0.05) is 29.3 Å². The monoisotopic (exact) mass is 289 g/mol. The summed E-state index contributed by atoms with van der Waals surface area (Å²) in [6.45, 7) is 10.4. The fraction of sp³-hybridized carbons (Fsp3) is 0.667. The molecule has 0 spiro atoms. The molecule has 0 radical (unpaired) electrons. The largest absolute Gasteiger partial charge is 0.312 e. The number of benzene rings is 1. The van der Waals surface area contributed by atoms with Gasteiger partial charge in [0.25, 0.3) is 0 Å². The van der Waals surface area contributed by atoms with E-state index in [1.54, 1.807) is 0 Å². The first kappa shape index (κ1) is 16.5. The molecule has 2 rings (SSSR count). The SMILES string of the molecule is CNC(CN(C)CCN1CCCC1)c1cc(C)cc(C)c1. The molecule has 118 valence electrons. The van der Waals surface area contributed by atoms with Crippen LogP contribution in [0.2, 0.25) is 0 Å². The van der Waals surface area contributed by atoms with Crippen LogP contribution in [0, 0.1) is 13.8 Å². The van der Waals surface area contributed by atoms with Gasteiger partial charge in [-0.3, -0.25) is 0 Å². The topological polar surface area (TPSA) is 18.5 Å². The van der Waals surface area contributed by atoms with Gasteiger partial charge in [-0.15, -0.1) is 0 Å². The number of nitrogens with one attached hydrogen (secondary N) is 1. The zero-order valence-electron chi connectivity index (χ0n) is 14.2. The second-order valence-corrected chi connectivity index (χ2v) is 6.57. The number of hydrogen-bond donors (Lipinski definition) is 1. The molecule has 3 nitrogen and oxygen atoms in total. The first-order valence-corrected chi connectivity index (χ1v) is 8.25. The second kappa shape index (κ2) is 7.92. The van der Waals surface area contributed by atoms with E-state index in [1.165, 1.54) is 49.2 Å². The van der Waals surface area contributed by atoms with Gasteiger partial charge in [-0.05, 0) is 59.4 Å². The lowest BCUT2D eigenvalue weighted by Gasteiger charge is -2.26. The maximum absolute atomic E-state index is 3.48. The maximum Gasteiger partial charge on any atom is 0.0446 e. The van der Waals surface area contributed by atoms with Gasteiger partial charge in [0.15, 0.2) is 0 Å². The van der Waals surface area contributed by atoms with Crippen molar-refractivity contribution in [3.63, 3.8) is 0 Å². The summed E-state index contributed by atoms with van der Waals surface area (Å²) in [5.74, 6) is 0. The zero-order valence-corrected chi connectivity index (χ0v) is 14.2. The molecule has 0 bridgehead atoms. The molecule has 1 heterocycles. The third-order valence-electron chi connectivity index (χ3n) is 4.49. The Hall–Kier alpha value is -0.900. The van der Waals surface area contributed by atoms with Crippen molar-refractivity contribution in [2.75, 3.05) is 46.8 Å². The molecule has 0 aliphatic carbocycles. The summed E-state index contributed by atoms with van der Waals surface area (Å²) in [7, 11) is 4.31. The standard InChI is InChI=1S/C18H31N3/c1-15-11-16(2)13-17(12-15)18(19-3)14-20(4)9-10-21-7-5-6-8-21/h11-13,18-19H,5-10,14H2,1-4H3. The highest BCUT2D eigenvalue weighted by Crippen LogP contribution is 2.18. The van der Waals surface area contributed by atoms with Crippen molar-refractivity contribution < 1.29 is 0 Å². The molecule has 1 saturated heterocycles. The van der Waals surface area contributed by atoms with E-state index in [9.17, 15) is 0 Å². The minimum atomic E-state index is 0.409. The molecular formula is C18H31N3. The van der Waals surface area contributed by atoms with Crippen LogP contribution in [0.1, 0.15) is 35.6 Å². The van der Waals surface area contributed by atoms with E-state index in [1.807, 2.05) is 0 Å². The van der Waals surface area contributed by atoms with E-state index < -0.39 is 0 Å². The van der Waals surface area contributed by atoms with Crippen molar-refractivity contribution in [1.82, 2.24) is 15.1 Å². The van der Waals surface area contributed by atoms with Crippen LogP contribution >= 0.6 is 0 Å². The Labute approximate surface area is 130 Å².